The van der Waals surface area contributed by atoms with Gasteiger partial charge in [-0.2, -0.15) is 72.1 Å². The SMILES string of the molecule is CCC(C)Sc1ccc(F)[c-]c1F.CCC(C)Sc1ccc(F)[c-]c1F.[Ti+4].c1cc[cH-]c1.c1cc[cH-]c1. The van der Waals surface area contributed by atoms with Gasteiger partial charge in [-0.15, -0.1) is 24.3 Å². The molecule has 0 aliphatic rings. The fraction of sp³-hybridized carbons (Fsp3) is 0.267. The molecule has 4 aromatic carbocycles. The molecule has 0 bridgehead atoms. The molecule has 0 aliphatic heterocycles. The Morgan fingerprint density at radius 2 is 0.973 bits per heavy atom. The van der Waals surface area contributed by atoms with Gasteiger partial charge in [0.2, 0.25) is 0 Å². The minimum absolute atomic E-state index is 0. The van der Waals surface area contributed by atoms with Crippen LogP contribution in [0.25, 0.3) is 0 Å². The zero-order valence-corrected chi connectivity index (χ0v) is 24.7. The van der Waals surface area contributed by atoms with E-state index in [4.69, 9.17) is 0 Å². The smallest absolute Gasteiger partial charge is 0.236 e. The number of thioether (sulfide) groups is 2. The Bertz CT molecular complexity index is 933. The topological polar surface area (TPSA) is 0 Å². The van der Waals surface area contributed by atoms with Crippen molar-refractivity contribution in [3.05, 3.63) is 120 Å². The summed E-state index contributed by atoms with van der Waals surface area (Å²) in [5.41, 5.74) is 0. The van der Waals surface area contributed by atoms with Gasteiger partial charge in [-0.1, -0.05) is 37.5 Å². The summed E-state index contributed by atoms with van der Waals surface area (Å²) in [6.07, 6.45) is 1.92. The molecule has 0 heterocycles. The third-order valence-electron chi connectivity index (χ3n) is 4.57. The summed E-state index contributed by atoms with van der Waals surface area (Å²) >= 11 is 2.81. The fourth-order valence-electron chi connectivity index (χ4n) is 2.28. The van der Waals surface area contributed by atoms with E-state index in [0.717, 1.165) is 12.8 Å². The van der Waals surface area contributed by atoms with Crippen molar-refractivity contribution in [2.75, 3.05) is 0 Å². The maximum absolute atomic E-state index is 13.0. The van der Waals surface area contributed by atoms with Gasteiger partial charge in [0.15, 0.2) is 0 Å². The molecule has 2 unspecified atom stereocenters. The van der Waals surface area contributed by atoms with Crippen molar-refractivity contribution in [1.29, 1.82) is 0 Å². The molecule has 0 nitrogen and oxygen atoms in total. The normalized spacial score (nSPS) is 11.2. The molecule has 37 heavy (non-hydrogen) atoms. The van der Waals surface area contributed by atoms with Crippen molar-refractivity contribution in [2.45, 2.75) is 60.8 Å². The van der Waals surface area contributed by atoms with Crippen LogP contribution in [0.1, 0.15) is 40.5 Å². The summed E-state index contributed by atoms with van der Waals surface area (Å²) < 4.78 is 51.0. The van der Waals surface area contributed by atoms with E-state index < -0.39 is 23.3 Å². The second-order valence-electron chi connectivity index (χ2n) is 7.57. The molecule has 0 aromatic heterocycles. The maximum atomic E-state index is 13.0. The molecule has 0 amide bonds. The standard InChI is InChI=1S/2C10H11F2S.2C5H5.Ti/c2*1-3-7(2)13-10-5-4-8(11)6-9(10)12;2*1-2-4-5-3-1;/h2*4-5,7H,3H2,1-2H3;2*1-5H;/q4*-1;+4. The summed E-state index contributed by atoms with van der Waals surface area (Å²) in [6.45, 7) is 8.08. The van der Waals surface area contributed by atoms with E-state index >= 15 is 0 Å². The summed E-state index contributed by atoms with van der Waals surface area (Å²) in [4.78, 5) is 0.937. The first-order chi connectivity index (χ1) is 17.3. The average molecular weight is 581 g/mol. The van der Waals surface area contributed by atoms with E-state index in [-0.39, 0.29) is 21.7 Å². The maximum Gasteiger partial charge on any atom is 4.00 e. The molecule has 7 heteroatoms. The van der Waals surface area contributed by atoms with Crippen LogP contribution in [0.5, 0.6) is 0 Å². The minimum Gasteiger partial charge on any atom is -0.236 e. The first kappa shape index (κ1) is 35.3. The first-order valence-electron chi connectivity index (χ1n) is 11.7. The van der Waals surface area contributed by atoms with E-state index in [0.29, 0.717) is 20.3 Å². The predicted molar refractivity (Wildman–Crippen MR) is 146 cm³/mol. The quantitative estimate of drug-likeness (QED) is 0.0964. The van der Waals surface area contributed by atoms with Crippen LogP contribution < -0.4 is 0 Å². The molecule has 4 rings (SSSR count). The summed E-state index contributed by atoms with van der Waals surface area (Å²) in [5.74, 6) is -2.48. The Kier molecular flexibility index (Phi) is 20.2. The second kappa shape index (κ2) is 21.2. The van der Waals surface area contributed by atoms with Crippen molar-refractivity contribution in [3.63, 3.8) is 0 Å². The van der Waals surface area contributed by atoms with Gasteiger partial charge in [0.05, 0.1) is 0 Å². The monoisotopic (exact) mass is 580 g/mol. The van der Waals surface area contributed by atoms with Crippen LogP contribution in [-0.2, 0) is 21.7 Å². The number of rotatable bonds is 6. The van der Waals surface area contributed by atoms with Crippen LogP contribution in [0, 0.1) is 35.4 Å². The van der Waals surface area contributed by atoms with E-state index in [9.17, 15) is 17.6 Å². The summed E-state index contributed by atoms with van der Waals surface area (Å²) in [5, 5.41) is 0.682. The molecule has 0 saturated heterocycles. The molecule has 0 fully saturated rings. The molecule has 0 spiro atoms. The van der Waals surface area contributed by atoms with Gasteiger partial charge in [0.25, 0.3) is 0 Å². The third-order valence-corrected chi connectivity index (χ3v) is 7.18. The number of halogens is 4. The Balaban J connectivity index is 0.000000502. The zero-order valence-electron chi connectivity index (χ0n) is 21.5. The van der Waals surface area contributed by atoms with E-state index in [1.165, 1.54) is 47.8 Å². The molecule has 4 aromatic rings. The van der Waals surface area contributed by atoms with E-state index in [1.807, 2.05) is 100 Å². The zero-order chi connectivity index (χ0) is 26.8. The van der Waals surface area contributed by atoms with Crippen LogP contribution >= 0.6 is 23.5 Å². The van der Waals surface area contributed by atoms with Crippen molar-refractivity contribution in [2.24, 2.45) is 0 Å². The molecule has 0 aliphatic carbocycles. The Labute approximate surface area is 242 Å². The summed E-state index contributed by atoms with van der Waals surface area (Å²) in [7, 11) is 0. The average Bonchev–Trinajstić information content (AvgIpc) is 3.62. The second-order valence-corrected chi connectivity index (χ2v) is 10.5. The summed E-state index contributed by atoms with van der Waals surface area (Å²) in [6, 6.07) is 29.4. The van der Waals surface area contributed by atoms with Crippen LogP contribution in [0.3, 0.4) is 0 Å². The van der Waals surface area contributed by atoms with Crippen molar-refractivity contribution >= 4 is 23.5 Å². The molecule has 196 valence electrons. The van der Waals surface area contributed by atoms with E-state index in [1.54, 1.807) is 0 Å². The largest absolute Gasteiger partial charge is 4.00 e. The van der Waals surface area contributed by atoms with Crippen molar-refractivity contribution in [1.82, 2.24) is 0 Å². The Hall–Kier alpha value is -1.73. The van der Waals surface area contributed by atoms with Crippen molar-refractivity contribution in [3.8, 4) is 0 Å². The molecular weight excluding hydrogens is 548 g/mol. The van der Waals surface area contributed by atoms with Gasteiger partial charge in [-0.25, -0.2) is 41.8 Å². The van der Waals surface area contributed by atoms with Gasteiger partial charge in [-0.05, 0) is 23.3 Å². The molecule has 0 N–H and O–H groups in total. The van der Waals surface area contributed by atoms with Crippen LogP contribution in [0.2, 0.25) is 0 Å². The number of hydrogen-bond acceptors (Lipinski definition) is 2. The molecule has 2 atom stereocenters. The van der Waals surface area contributed by atoms with Gasteiger partial charge in [-0.3, -0.25) is 0 Å². The van der Waals surface area contributed by atoms with Crippen LogP contribution in [-0.4, -0.2) is 10.5 Å². The fourth-order valence-corrected chi connectivity index (χ4v) is 4.09. The number of hydrogen-bond donors (Lipinski definition) is 0. The minimum atomic E-state index is -0.647. The van der Waals surface area contributed by atoms with Gasteiger partial charge in [0.1, 0.15) is 0 Å². The van der Waals surface area contributed by atoms with Crippen LogP contribution in [0.4, 0.5) is 17.6 Å². The predicted octanol–water partition coefficient (Wildman–Crippen LogP) is 10.1. The van der Waals surface area contributed by atoms with Gasteiger partial charge >= 0.3 is 21.7 Å². The Morgan fingerprint density at radius 3 is 1.19 bits per heavy atom. The first-order valence-corrected chi connectivity index (χ1v) is 13.4. The van der Waals surface area contributed by atoms with Gasteiger partial charge in [0, 0.05) is 23.3 Å². The van der Waals surface area contributed by atoms with E-state index in [2.05, 4.69) is 0 Å². The van der Waals surface area contributed by atoms with Crippen molar-refractivity contribution < 1.29 is 39.3 Å². The Morgan fingerprint density at radius 1 is 0.649 bits per heavy atom. The van der Waals surface area contributed by atoms with Crippen LogP contribution in [0.15, 0.2) is 94.7 Å². The third kappa shape index (κ3) is 16.7. The number of benzene rings is 2. The van der Waals surface area contributed by atoms with Gasteiger partial charge < -0.3 is 0 Å². The molecule has 0 radical (unpaired) electrons. The molecule has 0 saturated carbocycles. The molecular formula is C30H32F4S2Ti.